The number of allylic oxidation sites excluding steroid dienone is 1. The van der Waals surface area contributed by atoms with Crippen LogP contribution in [-0.4, -0.2) is 48.0 Å². The zero-order valence-corrected chi connectivity index (χ0v) is 19.1. The Kier molecular flexibility index (Phi) is 7.36. The summed E-state index contributed by atoms with van der Waals surface area (Å²) in [5, 5.41) is 9.51. The van der Waals surface area contributed by atoms with Gasteiger partial charge in [-0.05, 0) is 37.1 Å². The number of ketones is 1. The van der Waals surface area contributed by atoms with Crippen LogP contribution >= 0.6 is 11.8 Å². The molecule has 1 aliphatic carbocycles. The average molecular weight is 449 g/mol. The van der Waals surface area contributed by atoms with E-state index in [0.717, 1.165) is 30.1 Å². The summed E-state index contributed by atoms with van der Waals surface area (Å²) >= 11 is 1.38. The lowest BCUT2D eigenvalue weighted by Crippen LogP contribution is -2.24. The van der Waals surface area contributed by atoms with E-state index in [1.54, 1.807) is 24.3 Å². The molecule has 0 bridgehead atoms. The largest absolute Gasteiger partial charge is 0.302 e. The van der Waals surface area contributed by atoms with Crippen molar-refractivity contribution in [3.63, 3.8) is 0 Å². The molecule has 0 N–H and O–H groups in total. The van der Waals surface area contributed by atoms with Crippen LogP contribution < -0.4 is 4.31 Å². The van der Waals surface area contributed by atoms with Crippen LogP contribution in [0.2, 0.25) is 0 Å². The molecule has 0 amide bonds. The van der Waals surface area contributed by atoms with Crippen LogP contribution in [0.4, 0.5) is 5.69 Å². The van der Waals surface area contributed by atoms with Crippen LogP contribution in [-0.2, 0) is 16.6 Å². The second-order valence-corrected chi connectivity index (χ2v) is 10.5. The first-order valence-corrected chi connectivity index (χ1v) is 12.9. The lowest BCUT2D eigenvalue weighted by atomic mass is 9.89. The van der Waals surface area contributed by atoms with E-state index in [2.05, 4.69) is 21.3 Å². The van der Waals surface area contributed by atoms with Crippen LogP contribution in [0.1, 0.15) is 54.2 Å². The smallest absolute Gasteiger partial charge is 0.231 e. The van der Waals surface area contributed by atoms with E-state index in [-0.39, 0.29) is 11.5 Å². The molecule has 0 aliphatic heterocycles. The first-order valence-electron chi connectivity index (χ1n) is 10.0. The third kappa shape index (κ3) is 5.31. The van der Waals surface area contributed by atoms with E-state index in [1.807, 2.05) is 6.08 Å². The predicted octanol–water partition coefficient (Wildman–Crippen LogP) is 3.88. The predicted molar refractivity (Wildman–Crippen MR) is 121 cm³/mol. The zero-order valence-electron chi connectivity index (χ0n) is 17.5. The van der Waals surface area contributed by atoms with Gasteiger partial charge in [-0.1, -0.05) is 37.1 Å². The highest BCUT2D eigenvalue weighted by molar-refractivity contribution is 7.99. The zero-order chi connectivity index (χ0) is 21.7. The topological polar surface area (TPSA) is 85.2 Å². The molecule has 1 aliphatic rings. The fourth-order valence-electron chi connectivity index (χ4n) is 3.63. The monoisotopic (exact) mass is 448 g/mol. The van der Waals surface area contributed by atoms with E-state index in [0.29, 0.717) is 23.7 Å². The maximum absolute atomic E-state index is 12.6. The van der Waals surface area contributed by atoms with Crippen molar-refractivity contribution >= 4 is 33.3 Å². The minimum atomic E-state index is -3.33. The number of benzene rings is 1. The van der Waals surface area contributed by atoms with E-state index in [1.165, 1.54) is 42.4 Å². The highest BCUT2D eigenvalue weighted by Gasteiger charge is 2.23. The number of carbonyl (C=O) groups is 1. The number of thioether (sulfide) groups is 1. The van der Waals surface area contributed by atoms with E-state index in [9.17, 15) is 13.2 Å². The van der Waals surface area contributed by atoms with Crippen LogP contribution in [0.25, 0.3) is 0 Å². The molecule has 1 aromatic heterocycles. The normalized spacial score (nSPS) is 15.1. The van der Waals surface area contributed by atoms with Crippen LogP contribution in [0, 0.1) is 0 Å². The summed E-state index contributed by atoms with van der Waals surface area (Å²) in [4.78, 5) is 12.6. The van der Waals surface area contributed by atoms with Gasteiger partial charge in [-0.25, -0.2) is 8.42 Å². The summed E-state index contributed by atoms with van der Waals surface area (Å²) in [6.07, 6.45) is 8.96. The summed E-state index contributed by atoms with van der Waals surface area (Å²) in [7, 11) is -1.85. The lowest BCUT2D eigenvalue weighted by Gasteiger charge is -2.21. The molecule has 1 saturated carbocycles. The fourth-order valence-corrected chi connectivity index (χ4v) is 4.99. The molecule has 0 saturated heterocycles. The number of hydrogen-bond donors (Lipinski definition) is 0. The first kappa shape index (κ1) is 22.6. The van der Waals surface area contributed by atoms with Gasteiger partial charge in [0.15, 0.2) is 10.9 Å². The molecule has 0 unspecified atom stereocenters. The van der Waals surface area contributed by atoms with Gasteiger partial charge in [-0.3, -0.25) is 9.10 Å². The minimum absolute atomic E-state index is 0.0408. The third-order valence-electron chi connectivity index (χ3n) is 5.41. The van der Waals surface area contributed by atoms with Crippen molar-refractivity contribution in [1.29, 1.82) is 0 Å². The lowest BCUT2D eigenvalue weighted by molar-refractivity contribution is 0.102. The Bertz CT molecular complexity index is 994. The van der Waals surface area contributed by atoms with Crippen LogP contribution in [0.15, 0.2) is 42.1 Å². The molecule has 0 atom stereocenters. The summed E-state index contributed by atoms with van der Waals surface area (Å²) in [6, 6.07) is 6.59. The maximum Gasteiger partial charge on any atom is 0.231 e. The summed E-state index contributed by atoms with van der Waals surface area (Å²) in [5.74, 6) is 1.62. The Morgan fingerprint density at radius 1 is 1.23 bits per heavy atom. The first-order chi connectivity index (χ1) is 14.3. The van der Waals surface area contributed by atoms with Gasteiger partial charge in [0.1, 0.15) is 5.82 Å². The Morgan fingerprint density at radius 2 is 1.90 bits per heavy atom. The van der Waals surface area contributed by atoms with Gasteiger partial charge in [0, 0.05) is 25.1 Å². The molecule has 2 aromatic rings. The van der Waals surface area contributed by atoms with Gasteiger partial charge in [0.05, 0.1) is 17.7 Å². The Labute approximate surface area is 182 Å². The quantitative estimate of drug-likeness (QED) is 0.329. The summed E-state index contributed by atoms with van der Waals surface area (Å²) in [6.45, 7) is 4.47. The fraction of sp³-hybridized carbons (Fsp3) is 0.476. The number of Topliss-reactive ketones (excluding diaryl/α,β-unsaturated/α-hetero) is 1. The molecule has 1 fully saturated rings. The molecular weight excluding hydrogens is 420 g/mol. The molecule has 162 valence electrons. The molecule has 0 spiro atoms. The van der Waals surface area contributed by atoms with E-state index >= 15 is 0 Å². The van der Waals surface area contributed by atoms with Crippen molar-refractivity contribution in [2.75, 3.05) is 23.4 Å². The molecule has 30 heavy (non-hydrogen) atoms. The molecule has 1 aromatic carbocycles. The number of aromatic nitrogens is 3. The van der Waals surface area contributed by atoms with Gasteiger partial charge in [-0.15, -0.1) is 16.8 Å². The van der Waals surface area contributed by atoms with Crippen molar-refractivity contribution in [2.24, 2.45) is 0 Å². The highest BCUT2D eigenvalue weighted by Crippen LogP contribution is 2.33. The molecular formula is C21H28N4O3S2. The molecule has 9 heteroatoms. The molecule has 0 radical (unpaired) electrons. The standard InChI is InChI=1S/C21H28N4O3S2/c1-4-14-25-20(17-8-6-5-7-9-17)22-23-21(25)29-15-19(26)16-10-12-18(13-11-16)24(2)30(3,27)28/h4,10-13,17H,1,5-9,14-15H2,2-3H3. The third-order valence-corrected chi connectivity index (χ3v) is 7.58. The van der Waals surface area contributed by atoms with E-state index in [4.69, 9.17) is 0 Å². The summed E-state index contributed by atoms with van der Waals surface area (Å²) < 4.78 is 26.5. The van der Waals surface area contributed by atoms with Crippen molar-refractivity contribution in [1.82, 2.24) is 14.8 Å². The molecule has 1 heterocycles. The maximum atomic E-state index is 12.6. The Morgan fingerprint density at radius 3 is 2.50 bits per heavy atom. The van der Waals surface area contributed by atoms with Crippen molar-refractivity contribution in [3.05, 3.63) is 48.3 Å². The van der Waals surface area contributed by atoms with Gasteiger partial charge in [0.2, 0.25) is 10.0 Å². The number of carbonyl (C=O) groups excluding carboxylic acids is 1. The minimum Gasteiger partial charge on any atom is -0.302 e. The Hall–Kier alpha value is -2.13. The van der Waals surface area contributed by atoms with Gasteiger partial charge in [-0.2, -0.15) is 0 Å². The molecule has 3 rings (SSSR count). The van der Waals surface area contributed by atoms with Gasteiger partial charge >= 0.3 is 0 Å². The number of hydrogen-bond acceptors (Lipinski definition) is 6. The Balaban J connectivity index is 1.68. The summed E-state index contributed by atoms with van der Waals surface area (Å²) in [5.41, 5.74) is 1.06. The van der Waals surface area contributed by atoms with Crippen molar-refractivity contribution in [3.8, 4) is 0 Å². The van der Waals surface area contributed by atoms with Crippen LogP contribution in [0.3, 0.4) is 0 Å². The van der Waals surface area contributed by atoms with Crippen molar-refractivity contribution in [2.45, 2.75) is 49.7 Å². The van der Waals surface area contributed by atoms with Crippen LogP contribution in [0.5, 0.6) is 0 Å². The number of nitrogens with zero attached hydrogens (tertiary/aromatic N) is 4. The second kappa shape index (κ2) is 9.78. The molecule has 7 nitrogen and oxygen atoms in total. The SMILES string of the molecule is C=CCn1c(SCC(=O)c2ccc(N(C)S(C)(=O)=O)cc2)nnc1C1CCCCC1. The number of anilines is 1. The van der Waals surface area contributed by atoms with Gasteiger partial charge < -0.3 is 4.57 Å². The highest BCUT2D eigenvalue weighted by atomic mass is 32.2. The van der Waals surface area contributed by atoms with Gasteiger partial charge in [0.25, 0.3) is 0 Å². The number of sulfonamides is 1. The van der Waals surface area contributed by atoms with E-state index < -0.39 is 10.0 Å². The van der Waals surface area contributed by atoms with Crippen molar-refractivity contribution < 1.29 is 13.2 Å². The average Bonchev–Trinajstić information content (AvgIpc) is 3.14. The number of rotatable bonds is 9. The second-order valence-electron chi connectivity index (χ2n) is 7.56.